The van der Waals surface area contributed by atoms with E-state index >= 15 is 0 Å². The van der Waals surface area contributed by atoms with Crippen molar-refractivity contribution >= 4 is 22.9 Å². The number of hydrogen-bond donors (Lipinski definition) is 2. The second kappa shape index (κ2) is 5.91. The van der Waals surface area contributed by atoms with Crippen LogP contribution < -0.4 is 11.1 Å². The zero-order valence-corrected chi connectivity index (χ0v) is 12.9. The van der Waals surface area contributed by atoms with E-state index in [2.05, 4.69) is 44.3 Å². The van der Waals surface area contributed by atoms with Gasteiger partial charge in [0.1, 0.15) is 4.99 Å². The predicted octanol–water partition coefficient (Wildman–Crippen LogP) is 3.87. The summed E-state index contributed by atoms with van der Waals surface area (Å²) in [6.07, 6.45) is 3.80. The highest BCUT2D eigenvalue weighted by Gasteiger charge is 2.24. The summed E-state index contributed by atoms with van der Waals surface area (Å²) in [5.41, 5.74) is 9.09. The lowest BCUT2D eigenvalue weighted by atomic mass is 9.80. The summed E-state index contributed by atoms with van der Waals surface area (Å²) in [7, 11) is 0. The number of benzene rings is 1. The number of nitrogens with one attached hydrogen (secondary N) is 1. The number of rotatable bonds is 3. The van der Waals surface area contributed by atoms with E-state index in [-0.39, 0.29) is 0 Å². The molecule has 1 aliphatic rings. The van der Waals surface area contributed by atoms with Crippen LogP contribution >= 0.6 is 12.2 Å². The van der Waals surface area contributed by atoms with Crippen molar-refractivity contribution in [3.8, 4) is 0 Å². The third-order valence-corrected chi connectivity index (χ3v) is 4.20. The zero-order valence-electron chi connectivity index (χ0n) is 12.1. The largest absolute Gasteiger partial charge is 0.389 e. The van der Waals surface area contributed by atoms with E-state index in [1.807, 2.05) is 0 Å². The van der Waals surface area contributed by atoms with E-state index in [4.69, 9.17) is 18.0 Å². The van der Waals surface area contributed by atoms with E-state index in [0.29, 0.717) is 11.0 Å². The van der Waals surface area contributed by atoms with E-state index < -0.39 is 0 Å². The van der Waals surface area contributed by atoms with Crippen LogP contribution in [0.5, 0.6) is 0 Å². The van der Waals surface area contributed by atoms with Gasteiger partial charge in [-0.05, 0) is 50.2 Å². The highest BCUT2D eigenvalue weighted by atomic mass is 32.1. The third-order valence-electron chi connectivity index (χ3n) is 3.98. The minimum absolute atomic E-state index is 0.475. The molecule has 1 fully saturated rings. The molecule has 3 heteroatoms. The first-order valence-corrected chi connectivity index (χ1v) is 7.53. The van der Waals surface area contributed by atoms with Gasteiger partial charge in [0, 0.05) is 17.3 Å². The Hall–Kier alpha value is -1.09. The van der Waals surface area contributed by atoms with Crippen LogP contribution in [0.3, 0.4) is 0 Å². The fraction of sp³-hybridized carbons (Fsp3) is 0.562. The molecule has 1 aromatic carbocycles. The molecule has 0 heterocycles. The van der Waals surface area contributed by atoms with Crippen molar-refractivity contribution in [2.45, 2.75) is 46.1 Å². The van der Waals surface area contributed by atoms with E-state index in [0.717, 1.165) is 23.1 Å². The lowest BCUT2D eigenvalue weighted by molar-refractivity contribution is 0.281. The van der Waals surface area contributed by atoms with Gasteiger partial charge in [-0.15, -0.1) is 0 Å². The van der Waals surface area contributed by atoms with Crippen molar-refractivity contribution in [1.82, 2.24) is 0 Å². The van der Waals surface area contributed by atoms with Crippen molar-refractivity contribution in [1.29, 1.82) is 0 Å². The van der Waals surface area contributed by atoms with Gasteiger partial charge in [0.25, 0.3) is 0 Å². The van der Waals surface area contributed by atoms with Crippen molar-refractivity contribution in [3.63, 3.8) is 0 Å². The molecule has 3 N–H and O–H groups in total. The predicted molar refractivity (Wildman–Crippen MR) is 86.7 cm³/mol. The van der Waals surface area contributed by atoms with Gasteiger partial charge in [0.05, 0.1) is 0 Å². The van der Waals surface area contributed by atoms with E-state index in [1.54, 1.807) is 0 Å². The maximum absolute atomic E-state index is 5.83. The number of nitrogens with two attached hydrogens (primary N) is 1. The van der Waals surface area contributed by atoms with Crippen LogP contribution in [0.4, 0.5) is 5.69 Å². The number of thiocarbonyl (C=S) groups is 1. The molecule has 0 spiro atoms. The van der Waals surface area contributed by atoms with E-state index in [1.165, 1.54) is 24.8 Å². The Bertz CT molecular complexity index is 460. The van der Waals surface area contributed by atoms with Crippen LogP contribution in [-0.4, -0.2) is 11.0 Å². The van der Waals surface area contributed by atoms with Crippen molar-refractivity contribution < 1.29 is 0 Å². The minimum atomic E-state index is 0.475. The third kappa shape index (κ3) is 3.69. The van der Waals surface area contributed by atoms with Gasteiger partial charge in [-0.3, -0.25) is 0 Å². The van der Waals surface area contributed by atoms with Crippen LogP contribution in [-0.2, 0) is 0 Å². The smallest absolute Gasteiger partial charge is 0.106 e. The van der Waals surface area contributed by atoms with Crippen LogP contribution in [0, 0.1) is 18.8 Å². The molecule has 19 heavy (non-hydrogen) atoms. The minimum Gasteiger partial charge on any atom is -0.389 e. The summed E-state index contributed by atoms with van der Waals surface area (Å²) in [6, 6.07) is 6.82. The molecule has 0 amide bonds. The molecule has 2 unspecified atom stereocenters. The molecule has 1 aliphatic carbocycles. The molecule has 0 saturated heterocycles. The molecule has 2 rings (SSSR count). The maximum Gasteiger partial charge on any atom is 0.106 e. The van der Waals surface area contributed by atoms with Gasteiger partial charge in [0.15, 0.2) is 0 Å². The number of hydrogen-bond acceptors (Lipinski definition) is 2. The first kappa shape index (κ1) is 14.3. The maximum atomic E-state index is 5.83. The number of aryl methyl sites for hydroxylation is 1. The molecular formula is C16H24N2S. The molecule has 0 radical (unpaired) electrons. The number of anilines is 1. The molecule has 1 saturated carbocycles. The molecule has 0 aromatic heterocycles. The summed E-state index contributed by atoms with van der Waals surface area (Å²) < 4.78 is 0. The zero-order chi connectivity index (χ0) is 14.0. The highest BCUT2D eigenvalue weighted by molar-refractivity contribution is 7.80. The molecule has 0 aliphatic heterocycles. The Labute approximate surface area is 121 Å². The van der Waals surface area contributed by atoms with Gasteiger partial charge >= 0.3 is 0 Å². The average molecular weight is 276 g/mol. The van der Waals surface area contributed by atoms with Crippen LogP contribution in [0.2, 0.25) is 0 Å². The van der Waals surface area contributed by atoms with Crippen LogP contribution in [0.1, 0.15) is 44.2 Å². The van der Waals surface area contributed by atoms with Crippen LogP contribution in [0.15, 0.2) is 18.2 Å². The SMILES string of the molecule is Cc1ccc(NC2CC(C)CC(C)C2)c(C(N)=S)c1. The molecule has 1 aromatic rings. The first-order valence-electron chi connectivity index (χ1n) is 7.12. The quantitative estimate of drug-likeness (QED) is 0.823. The lowest BCUT2D eigenvalue weighted by Crippen LogP contribution is -2.31. The van der Waals surface area contributed by atoms with Gasteiger partial charge < -0.3 is 11.1 Å². The van der Waals surface area contributed by atoms with Crippen molar-refractivity contribution in [2.24, 2.45) is 17.6 Å². The summed E-state index contributed by atoms with van der Waals surface area (Å²) in [4.78, 5) is 0.475. The van der Waals surface area contributed by atoms with Crippen LogP contribution in [0.25, 0.3) is 0 Å². The summed E-state index contributed by atoms with van der Waals surface area (Å²) in [6.45, 7) is 6.75. The lowest BCUT2D eigenvalue weighted by Gasteiger charge is -2.33. The Morgan fingerprint density at radius 1 is 1.21 bits per heavy atom. The monoisotopic (exact) mass is 276 g/mol. The average Bonchev–Trinajstić information content (AvgIpc) is 2.30. The van der Waals surface area contributed by atoms with E-state index in [9.17, 15) is 0 Å². The fourth-order valence-corrected chi connectivity index (χ4v) is 3.44. The summed E-state index contributed by atoms with van der Waals surface area (Å²) >= 11 is 5.16. The highest BCUT2D eigenvalue weighted by Crippen LogP contribution is 2.31. The Morgan fingerprint density at radius 2 is 1.84 bits per heavy atom. The van der Waals surface area contributed by atoms with Gasteiger partial charge in [0.2, 0.25) is 0 Å². The molecule has 2 atom stereocenters. The Balaban J connectivity index is 2.16. The second-order valence-corrected chi connectivity index (χ2v) is 6.61. The molecule has 0 bridgehead atoms. The summed E-state index contributed by atoms with van der Waals surface area (Å²) in [5, 5.41) is 3.65. The second-order valence-electron chi connectivity index (χ2n) is 6.17. The summed E-state index contributed by atoms with van der Waals surface area (Å²) in [5.74, 6) is 1.58. The van der Waals surface area contributed by atoms with Gasteiger partial charge in [-0.2, -0.15) is 0 Å². The van der Waals surface area contributed by atoms with Crippen molar-refractivity contribution in [2.75, 3.05) is 5.32 Å². The molecular weight excluding hydrogens is 252 g/mol. The topological polar surface area (TPSA) is 38.0 Å². The van der Waals surface area contributed by atoms with Gasteiger partial charge in [-0.1, -0.05) is 37.7 Å². The van der Waals surface area contributed by atoms with Crippen molar-refractivity contribution in [3.05, 3.63) is 29.3 Å². The Morgan fingerprint density at radius 3 is 2.42 bits per heavy atom. The normalized spacial score (nSPS) is 27.0. The molecule has 2 nitrogen and oxygen atoms in total. The first-order chi connectivity index (χ1) is 8.95. The fourth-order valence-electron chi connectivity index (χ4n) is 3.27. The van der Waals surface area contributed by atoms with Gasteiger partial charge in [-0.25, -0.2) is 0 Å². The standard InChI is InChI=1S/C16H24N2S/c1-10-4-5-15(14(9-10)16(17)19)18-13-7-11(2)6-12(3)8-13/h4-5,9,11-13,18H,6-8H2,1-3H3,(H2,17,19). The Kier molecular flexibility index (Phi) is 4.46. The molecule has 104 valence electrons.